The lowest BCUT2D eigenvalue weighted by atomic mass is 9.77. The van der Waals surface area contributed by atoms with E-state index in [-0.39, 0.29) is 5.91 Å². The largest absolute Gasteiger partial charge is 0.497 e. The maximum absolute atomic E-state index is 12.8. The van der Waals surface area contributed by atoms with E-state index < -0.39 is 29.5 Å². The Kier molecular flexibility index (Phi) is 2.62. The van der Waals surface area contributed by atoms with E-state index in [1.165, 1.54) is 0 Å². The summed E-state index contributed by atoms with van der Waals surface area (Å²) in [6.45, 7) is 0.334. The van der Waals surface area contributed by atoms with Crippen molar-refractivity contribution in [3.63, 3.8) is 0 Å². The van der Waals surface area contributed by atoms with Crippen LogP contribution in [0.3, 0.4) is 0 Å². The summed E-state index contributed by atoms with van der Waals surface area (Å²) in [5.74, 6) is -2.01. The van der Waals surface area contributed by atoms with Gasteiger partial charge >= 0.3 is 5.97 Å². The van der Waals surface area contributed by atoms with Gasteiger partial charge in [0.1, 0.15) is 17.3 Å². The van der Waals surface area contributed by atoms with Gasteiger partial charge in [-0.3, -0.25) is 9.59 Å². The number of rotatable bonds is 3. The van der Waals surface area contributed by atoms with Gasteiger partial charge in [-0.15, -0.1) is 0 Å². The molecule has 4 rings (SSSR count). The van der Waals surface area contributed by atoms with Crippen molar-refractivity contribution in [1.29, 1.82) is 0 Å². The molecule has 0 saturated carbocycles. The number of hydrogen-bond donors (Lipinski definition) is 1. The Hall–Kier alpha value is -2.34. The molecule has 2 saturated heterocycles. The molecule has 0 radical (unpaired) electrons. The van der Waals surface area contributed by atoms with Crippen molar-refractivity contribution in [2.45, 2.75) is 11.7 Å². The van der Waals surface area contributed by atoms with E-state index in [2.05, 4.69) is 0 Å². The number of fused-ring (bicyclic) bond motifs is 1. The zero-order chi connectivity index (χ0) is 15.5. The molecule has 3 aliphatic heterocycles. The van der Waals surface area contributed by atoms with Crippen LogP contribution < -0.4 is 9.64 Å². The summed E-state index contributed by atoms with van der Waals surface area (Å²) >= 11 is 0. The molecule has 3 aliphatic rings. The van der Waals surface area contributed by atoms with Crippen LogP contribution >= 0.6 is 0 Å². The van der Waals surface area contributed by atoms with Crippen LogP contribution in [-0.4, -0.2) is 42.3 Å². The molecule has 2 fully saturated rings. The van der Waals surface area contributed by atoms with Gasteiger partial charge in [0.15, 0.2) is 0 Å². The van der Waals surface area contributed by atoms with Gasteiger partial charge in [-0.25, -0.2) is 0 Å². The van der Waals surface area contributed by atoms with Gasteiger partial charge in [-0.05, 0) is 12.1 Å². The molecule has 1 spiro atoms. The smallest absolute Gasteiger partial charge is 0.310 e. The van der Waals surface area contributed by atoms with Crippen LogP contribution in [0.4, 0.5) is 5.69 Å². The van der Waals surface area contributed by atoms with Crippen molar-refractivity contribution in [1.82, 2.24) is 0 Å². The van der Waals surface area contributed by atoms with Crippen LogP contribution in [-0.2, 0) is 14.3 Å². The predicted molar refractivity (Wildman–Crippen MR) is 76.7 cm³/mol. The molecule has 1 aromatic rings. The second-order valence-electron chi connectivity index (χ2n) is 5.86. The van der Waals surface area contributed by atoms with Crippen LogP contribution in [0.15, 0.2) is 36.4 Å². The number of amides is 1. The lowest BCUT2D eigenvalue weighted by Crippen LogP contribution is -2.39. The minimum Gasteiger partial charge on any atom is -0.497 e. The monoisotopic (exact) mass is 301 g/mol. The average Bonchev–Trinajstić information content (AvgIpc) is 3.15. The van der Waals surface area contributed by atoms with Crippen molar-refractivity contribution in [3.05, 3.63) is 36.4 Å². The summed E-state index contributed by atoms with van der Waals surface area (Å²) in [4.78, 5) is 25.9. The highest BCUT2D eigenvalue weighted by Crippen LogP contribution is 2.52. The SMILES string of the molecule is COc1cccc(N2C[C@@]34C=C[C@@H](O3)[C@H](C(=O)O)[C@H]4C2=O)c1. The van der Waals surface area contributed by atoms with Crippen molar-refractivity contribution >= 4 is 17.6 Å². The Morgan fingerprint density at radius 2 is 2.32 bits per heavy atom. The van der Waals surface area contributed by atoms with Crippen LogP contribution in [0.25, 0.3) is 0 Å². The van der Waals surface area contributed by atoms with E-state index in [4.69, 9.17) is 9.47 Å². The fourth-order valence-corrected chi connectivity index (χ4v) is 3.78. The van der Waals surface area contributed by atoms with Crippen molar-refractivity contribution < 1.29 is 24.2 Å². The van der Waals surface area contributed by atoms with Crippen LogP contribution in [0, 0.1) is 11.8 Å². The molecule has 0 unspecified atom stereocenters. The first-order chi connectivity index (χ1) is 10.6. The summed E-state index contributed by atoms with van der Waals surface area (Å²) < 4.78 is 11.0. The minimum absolute atomic E-state index is 0.201. The number of nitrogens with zero attached hydrogens (tertiary/aromatic N) is 1. The van der Waals surface area contributed by atoms with Gasteiger partial charge in [0.05, 0.1) is 25.7 Å². The highest BCUT2D eigenvalue weighted by atomic mass is 16.5. The Labute approximate surface area is 126 Å². The molecule has 4 atom stereocenters. The fourth-order valence-electron chi connectivity index (χ4n) is 3.78. The Morgan fingerprint density at radius 3 is 3.05 bits per heavy atom. The standard InChI is InChI=1S/C16H15NO5/c1-21-10-4-2-3-9(7-10)17-8-16-6-5-11(22-16)12(15(19)20)13(16)14(17)18/h2-7,11-13H,8H2,1H3,(H,19,20)/t11-,12+,13+,16-/m1/s1. The normalized spacial score (nSPS) is 35.0. The summed E-state index contributed by atoms with van der Waals surface area (Å²) in [5.41, 5.74) is -0.119. The molecule has 6 nitrogen and oxygen atoms in total. The first-order valence-electron chi connectivity index (χ1n) is 7.11. The Bertz CT molecular complexity index is 700. The number of carboxylic acids is 1. The lowest BCUT2D eigenvalue weighted by Gasteiger charge is -2.21. The van der Waals surface area contributed by atoms with Crippen LogP contribution in [0.2, 0.25) is 0 Å². The van der Waals surface area contributed by atoms with Crippen molar-refractivity contribution in [2.75, 3.05) is 18.6 Å². The Balaban J connectivity index is 1.73. The van der Waals surface area contributed by atoms with E-state index >= 15 is 0 Å². The lowest BCUT2D eigenvalue weighted by molar-refractivity contribution is -0.146. The first-order valence-corrected chi connectivity index (χ1v) is 7.11. The number of carbonyl (C=O) groups excluding carboxylic acids is 1. The van der Waals surface area contributed by atoms with Gasteiger partial charge in [0.25, 0.3) is 0 Å². The van der Waals surface area contributed by atoms with Gasteiger partial charge < -0.3 is 19.5 Å². The van der Waals surface area contributed by atoms with Gasteiger partial charge in [0.2, 0.25) is 5.91 Å². The molecule has 2 bridgehead atoms. The molecule has 22 heavy (non-hydrogen) atoms. The average molecular weight is 301 g/mol. The zero-order valence-corrected chi connectivity index (χ0v) is 11.9. The molecule has 1 aromatic carbocycles. The molecular formula is C16H15NO5. The van der Waals surface area contributed by atoms with Crippen molar-refractivity contribution in [3.8, 4) is 5.75 Å². The highest BCUT2D eigenvalue weighted by molar-refractivity contribution is 6.02. The summed E-state index contributed by atoms with van der Waals surface area (Å²) in [5, 5.41) is 9.43. The second kappa shape index (κ2) is 4.33. The highest BCUT2D eigenvalue weighted by Gasteiger charge is 2.67. The topological polar surface area (TPSA) is 76.1 Å². The number of carbonyl (C=O) groups is 2. The minimum atomic E-state index is -0.984. The third kappa shape index (κ3) is 1.58. The van der Waals surface area contributed by atoms with E-state index in [1.54, 1.807) is 36.3 Å². The number of methoxy groups -OCH3 is 1. The molecule has 0 aromatic heterocycles. The third-order valence-corrected chi connectivity index (χ3v) is 4.75. The molecule has 3 heterocycles. The number of anilines is 1. The molecule has 1 amide bonds. The van der Waals surface area contributed by atoms with E-state index in [1.807, 2.05) is 12.1 Å². The fraction of sp³-hybridized carbons (Fsp3) is 0.375. The molecule has 114 valence electrons. The van der Waals surface area contributed by atoms with E-state index in [9.17, 15) is 14.7 Å². The second-order valence-corrected chi connectivity index (χ2v) is 5.86. The van der Waals surface area contributed by atoms with E-state index in [0.29, 0.717) is 18.0 Å². The maximum Gasteiger partial charge on any atom is 0.310 e. The van der Waals surface area contributed by atoms with Gasteiger partial charge in [-0.1, -0.05) is 18.2 Å². The molecule has 1 N–H and O–H groups in total. The molecule has 0 aliphatic carbocycles. The number of ether oxygens (including phenoxy) is 2. The number of aliphatic carboxylic acids is 1. The van der Waals surface area contributed by atoms with E-state index in [0.717, 1.165) is 0 Å². The number of carboxylic acid groups (broad SMARTS) is 1. The predicted octanol–water partition coefficient (Wildman–Crippen LogP) is 1.07. The molecule has 6 heteroatoms. The maximum atomic E-state index is 12.8. The Morgan fingerprint density at radius 1 is 1.50 bits per heavy atom. The number of benzene rings is 1. The third-order valence-electron chi connectivity index (χ3n) is 4.75. The quantitative estimate of drug-likeness (QED) is 0.845. The summed E-state index contributed by atoms with van der Waals surface area (Å²) in [7, 11) is 1.56. The van der Waals surface area contributed by atoms with Gasteiger partial charge in [-0.2, -0.15) is 0 Å². The van der Waals surface area contributed by atoms with Crippen LogP contribution in [0.5, 0.6) is 5.75 Å². The van der Waals surface area contributed by atoms with Crippen LogP contribution in [0.1, 0.15) is 0 Å². The first kappa shape index (κ1) is 13.3. The number of hydrogen-bond acceptors (Lipinski definition) is 4. The summed E-state index contributed by atoms with van der Waals surface area (Å²) in [6, 6.07) is 7.17. The van der Waals surface area contributed by atoms with Crippen molar-refractivity contribution in [2.24, 2.45) is 11.8 Å². The summed E-state index contributed by atoms with van der Waals surface area (Å²) in [6.07, 6.45) is 3.11. The molecular weight excluding hydrogens is 286 g/mol. The van der Waals surface area contributed by atoms with Gasteiger partial charge in [0, 0.05) is 11.8 Å². The zero-order valence-electron chi connectivity index (χ0n) is 11.9.